The summed E-state index contributed by atoms with van der Waals surface area (Å²) >= 11 is 3.63. The second-order valence-electron chi connectivity index (χ2n) is 9.80. The van der Waals surface area contributed by atoms with Gasteiger partial charge in [-0.1, -0.05) is 84.9 Å². The SMILES string of the molecule is C[C@@]12SC(c3ccccc3)=CC1=C1C(=O)c3ccccc3C(=O)C1=C1C=C(c3ccccc3)S[C@]12C. The normalized spacial score (nSPS) is 26.3. The lowest BCUT2D eigenvalue weighted by atomic mass is 9.66. The van der Waals surface area contributed by atoms with Crippen LogP contribution < -0.4 is 0 Å². The van der Waals surface area contributed by atoms with Crippen molar-refractivity contribution in [3.63, 3.8) is 0 Å². The number of hydrogen-bond acceptors (Lipinski definition) is 4. The summed E-state index contributed by atoms with van der Waals surface area (Å²) in [7, 11) is 0. The van der Waals surface area contributed by atoms with Gasteiger partial charge >= 0.3 is 0 Å². The predicted octanol–water partition coefficient (Wildman–Crippen LogP) is 7.77. The molecule has 2 heterocycles. The van der Waals surface area contributed by atoms with Crippen LogP contribution in [0.3, 0.4) is 0 Å². The highest BCUT2D eigenvalue weighted by atomic mass is 32.2. The lowest BCUT2D eigenvalue weighted by Crippen LogP contribution is -2.49. The Kier molecular flexibility index (Phi) is 4.61. The molecule has 36 heavy (non-hydrogen) atoms. The van der Waals surface area contributed by atoms with Crippen molar-refractivity contribution < 1.29 is 9.59 Å². The van der Waals surface area contributed by atoms with Gasteiger partial charge in [0.1, 0.15) is 0 Å². The molecule has 2 atom stereocenters. The first-order chi connectivity index (χ1) is 17.4. The van der Waals surface area contributed by atoms with Crippen LogP contribution in [0.5, 0.6) is 0 Å². The number of benzene rings is 3. The molecule has 0 amide bonds. The molecule has 4 heteroatoms. The lowest BCUT2D eigenvalue weighted by molar-refractivity contribution is 0.0969. The minimum atomic E-state index is -0.424. The van der Waals surface area contributed by atoms with E-state index in [9.17, 15) is 9.59 Å². The van der Waals surface area contributed by atoms with Crippen molar-refractivity contribution in [2.24, 2.45) is 0 Å². The second-order valence-corrected chi connectivity index (χ2v) is 12.7. The fourth-order valence-electron chi connectivity index (χ4n) is 5.86. The average Bonchev–Trinajstić information content (AvgIpc) is 3.47. The molecule has 3 aromatic rings. The van der Waals surface area contributed by atoms with E-state index in [1.807, 2.05) is 72.1 Å². The standard InChI is InChI=1S/C32H22O2S2/c1-31-23(17-25(35-31)19-11-5-3-6-12-19)27-28(30(34)22-16-10-9-15-21(22)29(27)33)24-18-26(36-32(24,31)2)20-13-7-4-8-14-20/h3-18H,1-2H3/t31-,32-/m1/s1. The van der Waals surface area contributed by atoms with Crippen molar-refractivity contribution >= 4 is 44.9 Å². The van der Waals surface area contributed by atoms with E-state index in [4.69, 9.17) is 0 Å². The molecule has 0 bridgehead atoms. The van der Waals surface area contributed by atoms with E-state index in [0.29, 0.717) is 22.3 Å². The van der Waals surface area contributed by atoms with Crippen LogP contribution >= 0.6 is 23.5 Å². The summed E-state index contributed by atoms with van der Waals surface area (Å²) < 4.78 is -0.849. The number of fused-ring (bicyclic) bond motifs is 5. The van der Waals surface area contributed by atoms with Gasteiger partial charge in [0.15, 0.2) is 11.6 Å². The highest BCUT2D eigenvalue weighted by Gasteiger charge is 2.61. The van der Waals surface area contributed by atoms with Crippen LogP contribution in [-0.4, -0.2) is 21.1 Å². The van der Waals surface area contributed by atoms with Gasteiger partial charge < -0.3 is 0 Å². The number of thioether (sulfide) groups is 2. The first-order valence-corrected chi connectivity index (χ1v) is 13.7. The highest BCUT2D eigenvalue weighted by Crippen LogP contribution is 2.69. The van der Waals surface area contributed by atoms with Crippen LogP contribution in [0.25, 0.3) is 9.81 Å². The molecule has 2 nitrogen and oxygen atoms in total. The number of allylic oxidation sites excluding steroid dienone is 4. The number of carbonyl (C=O) groups excluding carboxylic acids is 2. The lowest BCUT2D eigenvalue weighted by Gasteiger charge is -2.47. The smallest absolute Gasteiger partial charge is 0.194 e. The molecule has 7 rings (SSSR count). The van der Waals surface area contributed by atoms with Crippen LogP contribution in [0.2, 0.25) is 0 Å². The van der Waals surface area contributed by atoms with Crippen LogP contribution in [0.4, 0.5) is 0 Å². The van der Waals surface area contributed by atoms with Gasteiger partial charge in [0.2, 0.25) is 0 Å². The minimum absolute atomic E-state index is 0.0475. The molecule has 0 spiro atoms. The fraction of sp³-hybridized carbons (Fsp3) is 0.125. The molecule has 4 aliphatic rings. The van der Waals surface area contributed by atoms with E-state index >= 15 is 0 Å². The molecular weight excluding hydrogens is 480 g/mol. The van der Waals surface area contributed by atoms with Gasteiger partial charge in [-0.15, -0.1) is 23.5 Å². The number of hydrogen-bond donors (Lipinski definition) is 0. The molecule has 0 N–H and O–H groups in total. The van der Waals surface area contributed by atoms with Gasteiger partial charge in [0, 0.05) is 32.1 Å². The van der Waals surface area contributed by atoms with E-state index in [-0.39, 0.29) is 11.6 Å². The Morgan fingerprint density at radius 3 is 1.28 bits per heavy atom. The van der Waals surface area contributed by atoms with Crippen LogP contribution in [-0.2, 0) is 0 Å². The van der Waals surface area contributed by atoms with Crippen molar-refractivity contribution in [3.05, 3.63) is 142 Å². The summed E-state index contributed by atoms with van der Waals surface area (Å²) in [6.07, 6.45) is 4.33. The largest absolute Gasteiger partial charge is 0.289 e. The summed E-state index contributed by atoms with van der Waals surface area (Å²) in [6, 6.07) is 27.9. The molecular formula is C32H22O2S2. The van der Waals surface area contributed by atoms with E-state index < -0.39 is 9.49 Å². The first-order valence-electron chi connectivity index (χ1n) is 12.0. The Morgan fingerprint density at radius 1 is 0.528 bits per heavy atom. The van der Waals surface area contributed by atoms with Crippen molar-refractivity contribution in [2.45, 2.75) is 23.3 Å². The van der Waals surface area contributed by atoms with E-state index in [2.05, 4.69) is 50.3 Å². The molecule has 0 radical (unpaired) electrons. The van der Waals surface area contributed by atoms with Gasteiger partial charge in [0.25, 0.3) is 0 Å². The Labute approximate surface area is 218 Å². The maximum Gasteiger partial charge on any atom is 0.194 e. The Balaban J connectivity index is 1.54. The molecule has 3 aromatic carbocycles. The number of rotatable bonds is 2. The van der Waals surface area contributed by atoms with Crippen LogP contribution in [0.1, 0.15) is 45.7 Å². The van der Waals surface area contributed by atoms with E-state index in [1.54, 1.807) is 12.1 Å². The van der Waals surface area contributed by atoms with E-state index in [1.165, 1.54) is 0 Å². The molecule has 0 saturated heterocycles. The molecule has 0 fully saturated rings. The van der Waals surface area contributed by atoms with Crippen LogP contribution in [0.15, 0.2) is 119 Å². The molecule has 0 unspecified atom stereocenters. The van der Waals surface area contributed by atoms with Crippen molar-refractivity contribution in [1.82, 2.24) is 0 Å². The van der Waals surface area contributed by atoms with Crippen LogP contribution in [0, 0.1) is 0 Å². The Bertz CT molecular complexity index is 1500. The maximum atomic E-state index is 14.1. The second kappa shape index (κ2) is 7.58. The van der Waals surface area contributed by atoms with Gasteiger partial charge in [-0.05, 0) is 48.3 Å². The minimum Gasteiger partial charge on any atom is -0.289 e. The number of ketones is 2. The summed E-state index contributed by atoms with van der Waals surface area (Å²) in [5.41, 5.74) is 6.37. The van der Waals surface area contributed by atoms with Gasteiger partial charge in [-0.25, -0.2) is 0 Å². The summed E-state index contributed by atoms with van der Waals surface area (Å²) in [4.78, 5) is 30.4. The Hall–Kier alpha value is -3.34. The maximum absolute atomic E-state index is 14.1. The summed E-state index contributed by atoms with van der Waals surface area (Å²) in [6.45, 7) is 4.49. The Morgan fingerprint density at radius 2 is 0.889 bits per heavy atom. The third-order valence-electron chi connectivity index (χ3n) is 7.89. The number of Topliss-reactive ketones (excluding diaryl/α,β-unsaturated/α-hetero) is 2. The fourth-order valence-corrected chi connectivity index (χ4v) is 9.00. The molecule has 0 saturated carbocycles. The first kappa shape index (κ1) is 21.9. The third-order valence-corrected chi connectivity index (χ3v) is 11.2. The molecule has 2 aliphatic heterocycles. The van der Waals surface area contributed by atoms with Crippen molar-refractivity contribution in [3.8, 4) is 0 Å². The average molecular weight is 503 g/mol. The topological polar surface area (TPSA) is 34.1 Å². The van der Waals surface area contributed by atoms with Gasteiger partial charge in [0.05, 0.1) is 9.49 Å². The zero-order valence-electron chi connectivity index (χ0n) is 19.9. The zero-order valence-corrected chi connectivity index (χ0v) is 21.5. The highest BCUT2D eigenvalue weighted by molar-refractivity contribution is 8.14. The van der Waals surface area contributed by atoms with Crippen molar-refractivity contribution in [2.75, 3.05) is 0 Å². The van der Waals surface area contributed by atoms with Crippen molar-refractivity contribution in [1.29, 1.82) is 0 Å². The zero-order chi connectivity index (χ0) is 24.7. The predicted molar refractivity (Wildman–Crippen MR) is 150 cm³/mol. The third kappa shape index (κ3) is 2.77. The monoisotopic (exact) mass is 502 g/mol. The quantitative estimate of drug-likeness (QED) is 0.359. The molecule has 174 valence electrons. The van der Waals surface area contributed by atoms with E-state index in [0.717, 1.165) is 32.1 Å². The summed E-state index contributed by atoms with van der Waals surface area (Å²) in [5, 5.41) is 0. The van der Waals surface area contributed by atoms with Gasteiger partial charge in [-0.2, -0.15) is 0 Å². The molecule has 2 aliphatic carbocycles. The van der Waals surface area contributed by atoms with Gasteiger partial charge in [-0.3, -0.25) is 9.59 Å². The number of carbonyl (C=O) groups is 2. The summed E-state index contributed by atoms with van der Waals surface area (Å²) in [5.74, 6) is -0.0950. The molecule has 0 aromatic heterocycles.